The Hall–Kier alpha value is -1.96. The lowest BCUT2D eigenvalue weighted by Crippen LogP contribution is -2.31. The van der Waals surface area contributed by atoms with Crippen LogP contribution in [0.3, 0.4) is 0 Å². The van der Waals surface area contributed by atoms with Crippen LogP contribution < -0.4 is 9.64 Å². The number of ether oxygens (including phenoxy) is 1. The lowest BCUT2D eigenvalue weighted by Gasteiger charge is -2.27. The summed E-state index contributed by atoms with van der Waals surface area (Å²) in [6.45, 7) is 3.37. The Morgan fingerprint density at radius 1 is 1.10 bits per heavy atom. The summed E-state index contributed by atoms with van der Waals surface area (Å²) in [5, 5.41) is 0. The van der Waals surface area contributed by atoms with E-state index in [1.54, 1.807) is 7.11 Å². The van der Waals surface area contributed by atoms with Gasteiger partial charge in [0.05, 0.1) is 7.11 Å². The molecule has 0 bridgehead atoms. The molecule has 1 saturated heterocycles. The third kappa shape index (κ3) is 3.05. The zero-order valence-corrected chi connectivity index (χ0v) is 12.9. The average Bonchev–Trinajstić information content (AvgIpc) is 2.98. The van der Waals surface area contributed by atoms with Gasteiger partial charge in [0, 0.05) is 18.3 Å². The Kier molecular flexibility index (Phi) is 4.14. The minimum Gasteiger partial charge on any atom is -0.497 e. The van der Waals surface area contributed by atoms with Crippen molar-refractivity contribution in [2.45, 2.75) is 32.2 Å². The van der Waals surface area contributed by atoms with E-state index in [1.165, 1.54) is 29.7 Å². The van der Waals surface area contributed by atoms with Gasteiger partial charge < -0.3 is 9.64 Å². The van der Waals surface area contributed by atoms with Crippen molar-refractivity contribution < 1.29 is 4.74 Å². The molecule has 0 spiro atoms. The molecule has 21 heavy (non-hydrogen) atoms. The van der Waals surface area contributed by atoms with Gasteiger partial charge in [0.1, 0.15) is 5.75 Å². The second-order valence-electron chi connectivity index (χ2n) is 5.82. The Morgan fingerprint density at radius 3 is 2.57 bits per heavy atom. The average molecular weight is 281 g/mol. The second-order valence-corrected chi connectivity index (χ2v) is 5.82. The highest BCUT2D eigenvalue weighted by molar-refractivity contribution is 5.51. The summed E-state index contributed by atoms with van der Waals surface area (Å²) in [5.74, 6) is 0.924. The van der Waals surface area contributed by atoms with Gasteiger partial charge in [-0.05, 0) is 61.6 Å². The van der Waals surface area contributed by atoms with Gasteiger partial charge in [-0.15, -0.1) is 0 Å². The molecule has 1 heterocycles. The SMILES string of the molecule is COc1ccc(N2CCCC2Cc2ccccc2C)cc1. The summed E-state index contributed by atoms with van der Waals surface area (Å²) in [6, 6.07) is 17.8. The van der Waals surface area contributed by atoms with Crippen LogP contribution in [0.1, 0.15) is 24.0 Å². The van der Waals surface area contributed by atoms with E-state index in [2.05, 4.69) is 60.4 Å². The number of anilines is 1. The molecule has 2 aromatic rings. The zero-order valence-electron chi connectivity index (χ0n) is 12.9. The molecule has 0 N–H and O–H groups in total. The van der Waals surface area contributed by atoms with E-state index in [-0.39, 0.29) is 0 Å². The van der Waals surface area contributed by atoms with Crippen LogP contribution in [-0.2, 0) is 6.42 Å². The van der Waals surface area contributed by atoms with Crippen molar-refractivity contribution in [3.8, 4) is 5.75 Å². The minimum absolute atomic E-state index is 0.611. The molecule has 0 amide bonds. The number of aryl methyl sites for hydroxylation is 1. The van der Waals surface area contributed by atoms with E-state index in [4.69, 9.17) is 4.74 Å². The maximum absolute atomic E-state index is 5.25. The minimum atomic E-state index is 0.611. The van der Waals surface area contributed by atoms with E-state index in [1.807, 2.05) is 0 Å². The Balaban J connectivity index is 1.77. The first-order valence-corrected chi connectivity index (χ1v) is 7.73. The van der Waals surface area contributed by atoms with Gasteiger partial charge in [0.2, 0.25) is 0 Å². The summed E-state index contributed by atoms with van der Waals surface area (Å²) in [4.78, 5) is 2.55. The highest BCUT2D eigenvalue weighted by atomic mass is 16.5. The Morgan fingerprint density at radius 2 is 1.86 bits per heavy atom. The molecule has 1 unspecified atom stereocenters. The van der Waals surface area contributed by atoms with E-state index in [9.17, 15) is 0 Å². The molecule has 0 radical (unpaired) electrons. The van der Waals surface area contributed by atoms with E-state index >= 15 is 0 Å². The Labute approximate surface area is 127 Å². The molecule has 1 aliphatic rings. The number of rotatable bonds is 4. The fraction of sp³-hybridized carbons (Fsp3) is 0.368. The van der Waals surface area contributed by atoms with Crippen LogP contribution >= 0.6 is 0 Å². The monoisotopic (exact) mass is 281 g/mol. The molecular weight excluding hydrogens is 258 g/mol. The van der Waals surface area contributed by atoms with Crippen LogP contribution in [-0.4, -0.2) is 19.7 Å². The lowest BCUT2D eigenvalue weighted by atomic mass is 9.99. The molecule has 0 aromatic heterocycles. The number of nitrogens with zero attached hydrogens (tertiary/aromatic N) is 1. The number of methoxy groups -OCH3 is 1. The summed E-state index contributed by atoms with van der Waals surface area (Å²) < 4.78 is 5.25. The third-order valence-corrected chi connectivity index (χ3v) is 4.50. The summed E-state index contributed by atoms with van der Waals surface area (Å²) in [5.41, 5.74) is 4.19. The smallest absolute Gasteiger partial charge is 0.119 e. The predicted molar refractivity (Wildman–Crippen MR) is 88.2 cm³/mol. The molecule has 1 atom stereocenters. The van der Waals surface area contributed by atoms with Crippen molar-refractivity contribution in [2.24, 2.45) is 0 Å². The molecule has 2 nitrogen and oxygen atoms in total. The van der Waals surface area contributed by atoms with Crippen LogP contribution in [0.2, 0.25) is 0 Å². The van der Waals surface area contributed by atoms with Gasteiger partial charge in [0.15, 0.2) is 0 Å². The fourth-order valence-corrected chi connectivity index (χ4v) is 3.25. The first-order valence-electron chi connectivity index (χ1n) is 7.73. The van der Waals surface area contributed by atoms with Gasteiger partial charge in [-0.25, -0.2) is 0 Å². The molecule has 1 aliphatic heterocycles. The first kappa shape index (κ1) is 14.0. The van der Waals surface area contributed by atoms with Gasteiger partial charge in [-0.3, -0.25) is 0 Å². The van der Waals surface area contributed by atoms with Crippen molar-refractivity contribution in [1.29, 1.82) is 0 Å². The van der Waals surface area contributed by atoms with Gasteiger partial charge in [-0.2, -0.15) is 0 Å². The van der Waals surface area contributed by atoms with Crippen molar-refractivity contribution in [3.05, 3.63) is 59.7 Å². The predicted octanol–water partition coefficient (Wildman–Crippen LogP) is 4.22. The van der Waals surface area contributed by atoms with Crippen LogP contribution in [0.15, 0.2) is 48.5 Å². The molecule has 2 heteroatoms. The third-order valence-electron chi connectivity index (χ3n) is 4.50. The van der Waals surface area contributed by atoms with E-state index in [0.29, 0.717) is 6.04 Å². The highest BCUT2D eigenvalue weighted by Gasteiger charge is 2.25. The van der Waals surface area contributed by atoms with Crippen molar-refractivity contribution in [2.75, 3.05) is 18.6 Å². The van der Waals surface area contributed by atoms with E-state index < -0.39 is 0 Å². The van der Waals surface area contributed by atoms with Crippen LogP contribution in [0.25, 0.3) is 0 Å². The summed E-state index contributed by atoms with van der Waals surface area (Å²) in [7, 11) is 1.71. The Bertz CT molecular complexity index is 591. The molecule has 110 valence electrons. The first-order chi connectivity index (χ1) is 10.3. The largest absolute Gasteiger partial charge is 0.497 e. The van der Waals surface area contributed by atoms with Crippen molar-refractivity contribution in [1.82, 2.24) is 0 Å². The van der Waals surface area contributed by atoms with Gasteiger partial charge in [-0.1, -0.05) is 24.3 Å². The van der Waals surface area contributed by atoms with Crippen LogP contribution in [0, 0.1) is 6.92 Å². The normalized spacial score (nSPS) is 18.0. The summed E-state index contributed by atoms with van der Waals surface area (Å²) in [6.07, 6.45) is 3.70. The lowest BCUT2D eigenvalue weighted by molar-refractivity contribution is 0.415. The van der Waals surface area contributed by atoms with Crippen LogP contribution in [0.4, 0.5) is 5.69 Å². The van der Waals surface area contributed by atoms with Crippen LogP contribution in [0.5, 0.6) is 5.75 Å². The maximum Gasteiger partial charge on any atom is 0.119 e. The second kappa shape index (κ2) is 6.21. The number of hydrogen-bond acceptors (Lipinski definition) is 2. The van der Waals surface area contributed by atoms with Crippen molar-refractivity contribution in [3.63, 3.8) is 0 Å². The molecule has 3 rings (SSSR count). The quantitative estimate of drug-likeness (QED) is 0.832. The fourth-order valence-electron chi connectivity index (χ4n) is 3.25. The van der Waals surface area contributed by atoms with Gasteiger partial charge in [0.25, 0.3) is 0 Å². The van der Waals surface area contributed by atoms with E-state index in [0.717, 1.165) is 18.7 Å². The molecule has 1 fully saturated rings. The highest BCUT2D eigenvalue weighted by Crippen LogP contribution is 2.29. The topological polar surface area (TPSA) is 12.5 Å². The summed E-state index contributed by atoms with van der Waals surface area (Å²) >= 11 is 0. The standard InChI is InChI=1S/C19H23NO/c1-15-6-3-4-7-16(15)14-18-8-5-13-20(18)17-9-11-19(21-2)12-10-17/h3-4,6-7,9-12,18H,5,8,13-14H2,1-2H3. The van der Waals surface area contributed by atoms with Gasteiger partial charge >= 0.3 is 0 Å². The molecule has 0 saturated carbocycles. The number of hydrogen-bond donors (Lipinski definition) is 0. The molecule has 2 aromatic carbocycles. The molecule has 0 aliphatic carbocycles. The molecular formula is C19H23NO. The zero-order chi connectivity index (χ0) is 14.7. The van der Waals surface area contributed by atoms with Crippen molar-refractivity contribution >= 4 is 5.69 Å². The maximum atomic E-state index is 5.25. The number of benzene rings is 2.